The van der Waals surface area contributed by atoms with Crippen LogP contribution in [0.1, 0.15) is 24.2 Å². The molecule has 138 valence electrons. The van der Waals surface area contributed by atoms with E-state index in [1.54, 1.807) is 0 Å². The van der Waals surface area contributed by atoms with E-state index in [0.29, 0.717) is 11.5 Å². The van der Waals surface area contributed by atoms with Crippen LogP contribution in [0.25, 0.3) is 0 Å². The topological polar surface area (TPSA) is 29.1 Å². The Hall–Kier alpha value is -2.44. The number of hydrogen-bond acceptors (Lipinski definition) is 1. The van der Waals surface area contributed by atoms with Crippen LogP contribution < -0.4 is 15.9 Å². The Bertz CT molecular complexity index is 795. The van der Waals surface area contributed by atoms with Crippen LogP contribution in [-0.2, 0) is 0 Å². The van der Waals surface area contributed by atoms with Crippen molar-refractivity contribution < 1.29 is 4.79 Å². The highest BCUT2D eigenvalue weighted by Gasteiger charge is 2.23. The third kappa shape index (κ3) is 5.28. The summed E-state index contributed by atoms with van der Waals surface area (Å²) in [4.78, 5) is 12.7. The second-order valence-electron chi connectivity index (χ2n) is 6.97. The van der Waals surface area contributed by atoms with Crippen LogP contribution in [0.3, 0.4) is 0 Å². The SMILES string of the molecule is CC(C)[C@@H](CP(c1ccccc1)c1ccccc1)NC(=O)c1ccccc1. The maximum absolute atomic E-state index is 12.7. The summed E-state index contributed by atoms with van der Waals surface area (Å²) in [6.07, 6.45) is 0.930. The molecule has 0 bridgehead atoms. The van der Waals surface area contributed by atoms with E-state index in [0.717, 1.165) is 6.16 Å². The Morgan fingerprint density at radius 1 is 0.778 bits per heavy atom. The summed E-state index contributed by atoms with van der Waals surface area (Å²) >= 11 is 0. The Labute approximate surface area is 163 Å². The predicted molar refractivity (Wildman–Crippen MR) is 116 cm³/mol. The molecule has 0 aromatic heterocycles. The Morgan fingerprint density at radius 3 is 1.67 bits per heavy atom. The van der Waals surface area contributed by atoms with Crippen molar-refractivity contribution in [1.82, 2.24) is 5.32 Å². The number of hydrogen-bond donors (Lipinski definition) is 1. The molecule has 3 aromatic carbocycles. The molecule has 2 nitrogen and oxygen atoms in total. The molecule has 27 heavy (non-hydrogen) atoms. The van der Waals surface area contributed by atoms with Gasteiger partial charge in [-0.3, -0.25) is 4.79 Å². The molecule has 0 heterocycles. The van der Waals surface area contributed by atoms with Crippen LogP contribution in [0.15, 0.2) is 91.0 Å². The summed E-state index contributed by atoms with van der Waals surface area (Å²) in [5.74, 6) is 0.362. The van der Waals surface area contributed by atoms with Crippen molar-refractivity contribution in [2.24, 2.45) is 5.92 Å². The van der Waals surface area contributed by atoms with Gasteiger partial charge in [0.05, 0.1) is 0 Å². The normalized spacial score (nSPS) is 12.1. The largest absolute Gasteiger partial charge is 0.349 e. The van der Waals surface area contributed by atoms with Crippen molar-refractivity contribution >= 4 is 24.4 Å². The zero-order valence-electron chi connectivity index (χ0n) is 15.9. The Morgan fingerprint density at radius 2 is 1.22 bits per heavy atom. The molecule has 1 atom stereocenters. The number of amides is 1. The van der Waals surface area contributed by atoms with Gasteiger partial charge >= 0.3 is 0 Å². The van der Waals surface area contributed by atoms with Crippen molar-refractivity contribution in [3.63, 3.8) is 0 Å². The minimum Gasteiger partial charge on any atom is -0.349 e. The number of carbonyl (C=O) groups excluding carboxylic acids is 1. The van der Waals surface area contributed by atoms with Crippen molar-refractivity contribution in [2.75, 3.05) is 6.16 Å². The fourth-order valence-corrected chi connectivity index (χ4v) is 5.73. The van der Waals surface area contributed by atoms with Gasteiger partial charge in [-0.1, -0.05) is 92.7 Å². The first kappa shape index (κ1) is 19.3. The molecule has 0 aliphatic heterocycles. The van der Waals surface area contributed by atoms with E-state index in [1.165, 1.54) is 10.6 Å². The maximum Gasteiger partial charge on any atom is 0.251 e. The number of carbonyl (C=O) groups is 1. The fraction of sp³-hybridized carbons (Fsp3) is 0.208. The highest BCUT2D eigenvalue weighted by Crippen LogP contribution is 2.35. The zero-order valence-corrected chi connectivity index (χ0v) is 16.8. The summed E-state index contributed by atoms with van der Waals surface area (Å²) in [5, 5.41) is 5.97. The first-order valence-electron chi connectivity index (χ1n) is 9.38. The van der Waals surface area contributed by atoms with E-state index < -0.39 is 7.92 Å². The fourth-order valence-electron chi connectivity index (χ4n) is 3.04. The van der Waals surface area contributed by atoms with Gasteiger partial charge in [0.25, 0.3) is 5.91 Å². The first-order chi connectivity index (χ1) is 13.1. The smallest absolute Gasteiger partial charge is 0.251 e. The molecule has 0 radical (unpaired) electrons. The first-order valence-corrected chi connectivity index (χ1v) is 10.9. The molecule has 3 rings (SSSR count). The lowest BCUT2D eigenvalue weighted by molar-refractivity contribution is 0.0931. The van der Waals surface area contributed by atoms with E-state index >= 15 is 0 Å². The number of benzene rings is 3. The molecule has 3 aromatic rings. The quantitative estimate of drug-likeness (QED) is 0.602. The van der Waals surface area contributed by atoms with Crippen molar-refractivity contribution in [1.29, 1.82) is 0 Å². The summed E-state index contributed by atoms with van der Waals surface area (Å²) in [6.45, 7) is 4.36. The molecule has 1 amide bonds. The second kappa shape index (κ2) is 9.48. The molecule has 1 N–H and O–H groups in total. The Kier molecular flexibility index (Phi) is 6.79. The van der Waals surface area contributed by atoms with E-state index in [1.807, 2.05) is 30.3 Å². The molecule has 0 spiro atoms. The van der Waals surface area contributed by atoms with Gasteiger partial charge in [-0.2, -0.15) is 0 Å². The van der Waals surface area contributed by atoms with Gasteiger partial charge in [0, 0.05) is 11.6 Å². The third-order valence-corrected chi connectivity index (χ3v) is 7.27. The third-order valence-electron chi connectivity index (χ3n) is 4.67. The van der Waals surface area contributed by atoms with Crippen LogP contribution in [0.4, 0.5) is 0 Å². The summed E-state index contributed by atoms with van der Waals surface area (Å²) in [5.41, 5.74) is 0.715. The van der Waals surface area contributed by atoms with Gasteiger partial charge in [-0.25, -0.2) is 0 Å². The van der Waals surface area contributed by atoms with Crippen LogP contribution in [-0.4, -0.2) is 18.1 Å². The average Bonchev–Trinajstić information content (AvgIpc) is 2.72. The van der Waals surface area contributed by atoms with Gasteiger partial charge in [-0.15, -0.1) is 0 Å². The van der Waals surface area contributed by atoms with Gasteiger partial charge in [0.1, 0.15) is 0 Å². The summed E-state index contributed by atoms with van der Waals surface area (Å²) in [7, 11) is -0.537. The number of rotatable bonds is 7. The van der Waals surface area contributed by atoms with E-state index in [9.17, 15) is 4.79 Å². The molecular weight excluding hydrogens is 349 g/mol. The number of nitrogens with one attached hydrogen (secondary N) is 1. The molecule has 0 saturated heterocycles. The summed E-state index contributed by atoms with van der Waals surface area (Å²) < 4.78 is 0. The Balaban J connectivity index is 1.84. The highest BCUT2D eigenvalue weighted by molar-refractivity contribution is 7.73. The molecule has 0 unspecified atom stereocenters. The molecule has 0 saturated carbocycles. The molecule has 0 aliphatic carbocycles. The standard InChI is InChI=1S/C24H26NOP/c1-19(2)23(25-24(26)20-12-6-3-7-13-20)18-27(21-14-8-4-9-15-21)22-16-10-5-11-17-22/h3-17,19,23H,18H2,1-2H3,(H,25,26)/t23-/m1/s1. The molecule has 0 aliphatic rings. The van der Waals surface area contributed by atoms with E-state index in [-0.39, 0.29) is 11.9 Å². The highest BCUT2D eigenvalue weighted by atomic mass is 31.1. The summed E-state index contributed by atoms with van der Waals surface area (Å²) in [6, 6.07) is 30.9. The van der Waals surface area contributed by atoms with Crippen LogP contribution in [0.2, 0.25) is 0 Å². The minimum atomic E-state index is -0.537. The zero-order chi connectivity index (χ0) is 19.1. The molecule has 3 heteroatoms. The second-order valence-corrected chi connectivity index (χ2v) is 9.23. The van der Waals surface area contributed by atoms with Crippen molar-refractivity contribution in [2.45, 2.75) is 19.9 Å². The van der Waals surface area contributed by atoms with Crippen molar-refractivity contribution in [3.8, 4) is 0 Å². The van der Waals surface area contributed by atoms with Gasteiger partial charge < -0.3 is 5.32 Å². The van der Waals surface area contributed by atoms with Gasteiger partial charge in [-0.05, 0) is 42.7 Å². The van der Waals surface area contributed by atoms with Gasteiger partial charge in [0.15, 0.2) is 0 Å². The monoisotopic (exact) mass is 375 g/mol. The van der Waals surface area contributed by atoms with E-state index in [4.69, 9.17) is 0 Å². The maximum atomic E-state index is 12.7. The average molecular weight is 375 g/mol. The lowest BCUT2D eigenvalue weighted by atomic mass is 10.1. The van der Waals surface area contributed by atoms with E-state index in [2.05, 4.69) is 79.8 Å². The van der Waals surface area contributed by atoms with Gasteiger partial charge in [0.2, 0.25) is 0 Å². The lowest BCUT2D eigenvalue weighted by Crippen LogP contribution is -2.42. The molecular formula is C24H26NOP. The minimum absolute atomic E-state index is 0.00498. The van der Waals surface area contributed by atoms with Crippen molar-refractivity contribution in [3.05, 3.63) is 96.6 Å². The van der Waals surface area contributed by atoms with Crippen LogP contribution in [0, 0.1) is 5.92 Å². The van der Waals surface area contributed by atoms with Crippen LogP contribution >= 0.6 is 7.92 Å². The lowest BCUT2D eigenvalue weighted by Gasteiger charge is -2.28. The molecule has 0 fully saturated rings. The van der Waals surface area contributed by atoms with Crippen LogP contribution in [0.5, 0.6) is 0 Å². The predicted octanol–water partition coefficient (Wildman–Crippen LogP) is 4.57.